The van der Waals surface area contributed by atoms with Crippen LogP contribution < -0.4 is 5.43 Å². The first-order valence-electron chi connectivity index (χ1n) is 9.00. The van der Waals surface area contributed by atoms with Crippen molar-refractivity contribution in [3.05, 3.63) is 63.7 Å². The fourth-order valence-electron chi connectivity index (χ4n) is 2.63. The summed E-state index contributed by atoms with van der Waals surface area (Å²) in [6, 6.07) is 9.98. The summed E-state index contributed by atoms with van der Waals surface area (Å²) in [4.78, 5) is 22.0. The SMILES string of the molecule is CCN(CC)S(=O)(=O)c1ccc(NN=Cc2ccc(C(=O)OC)cc2)c([N+](=O)[O-])c1. The molecule has 160 valence electrons. The fourth-order valence-corrected chi connectivity index (χ4v) is 4.11. The largest absolute Gasteiger partial charge is 0.465 e. The van der Waals surface area contributed by atoms with Crippen LogP contribution in [0.4, 0.5) is 11.4 Å². The van der Waals surface area contributed by atoms with Crippen molar-refractivity contribution in [3.63, 3.8) is 0 Å². The van der Waals surface area contributed by atoms with Crippen LogP contribution in [0.1, 0.15) is 29.8 Å². The van der Waals surface area contributed by atoms with Crippen LogP contribution in [-0.4, -0.2) is 50.0 Å². The number of nitrogens with zero attached hydrogens (tertiary/aromatic N) is 3. The van der Waals surface area contributed by atoms with Crippen molar-refractivity contribution in [1.82, 2.24) is 4.31 Å². The summed E-state index contributed by atoms with van der Waals surface area (Å²) >= 11 is 0. The predicted octanol–water partition coefficient (Wildman–Crippen LogP) is 2.86. The van der Waals surface area contributed by atoms with Crippen molar-refractivity contribution >= 4 is 33.6 Å². The van der Waals surface area contributed by atoms with Crippen molar-refractivity contribution in [1.29, 1.82) is 0 Å². The minimum absolute atomic E-state index is 0.0425. The van der Waals surface area contributed by atoms with Crippen LogP contribution in [-0.2, 0) is 14.8 Å². The van der Waals surface area contributed by atoms with Crippen molar-refractivity contribution < 1.29 is 22.9 Å². The van der Waals surface area contributed by atoms with E-state index in [0.717, 1.165) is 6.07 Å². The zero-order valence-electron chi connectivity index (χ0n) is 16.7. The molecule has 2 rings (SSSR count). The van der Waals surface area contributed by atoms with Crippen LogP contribution in [0.5, 0.6) is 0 Å². The number of hydrogen-bond acceptors (Lipinski definition) is 8. The van der Waals surface area contributed by atoms with Gasteiger partial charge < -0.3 is 4.74 Å². The number of carbonyl (C=O) groups is 1. The highest BCUT2D eigenvalue weighted by molar-refractivity contribution is 7.89. The van der Waals surface area contributed by atoms with Crippen molar-refractivity contribution in [2.45, 2.75) is 18.7 Å². The number of hydrazone groups is 1. The Morgan fingerprint density at radius 1 is 1.20 bits per heavy atom. The van der Waals surface area contributed by atoms with E-state index >= 15 is 0 Å². The Kier molecular flexibility index (Phi) is 7.61. The minimum Gasteiger partial charge on any atom is -0.465 e. The summed E-state index contributed by atoms with van der Waals surface area (Å²) in [5, 5.41) is 15.4. The van der Waals surface area contributed by atoms with Gasteiger partial charge in [0.15, 0.2) is 0 Å². The van der Waals surface area contributed by atoms with Gasteiger partial charge in [-0.15, -0.1) is 0 Å². The van der Waals surface area contributed by atoms with E-state index in [1.807, 2.05) is 0 Å². The number of methoxy groups -OCH3 is 1. The highest BCUT2D eigenvalue weighted by Gasteiger charge is 2.25. The van der Waals surface area contributed by atoms with Crippen LogP contribution in [0.25, 0.3) is 0 Å². The molecule has 0 unspecified atom stereocenters. The van der Waals surface area contributed by atoms with Crippen LogP contribution >= 0.6 is 0 Å². The average molecular weight is 434 g/mol. The monoisotopic (exact) mass is 434 g/mol. The smallest absolute Gasteiger partial charge is 0.337 e. The van der Waals surface area contributed by atoms with Crippen molar-refractivity contribution in [2.75, 3.05) is 25.6 Å². The second kappa shape index (κ2) is 9.94. The molecule has 0 fully saturated rings. The number of ether oxygens (including phenoxy) is 1. The Hall–Kier alpha value is -3.31. The van der Waals surface area contributed by atoms with Gasteiger partial charge in [-0.25, -0.2) is 13.2 Å². The molecular weight excluding hydrogens is 412 g/mol. The second-order valence-corrected chi connectivity index (χ2v) is 7.95. The summed E-state index contributed by atoms with van der Waals surface area (Å²) in [7, 11) is -2.54. The van der Waals surface area contributed by atoms with Gasteiger partial charge in [-0.3, -0.25) is 15.5 Å². The van der Waals surface area contributed by atoms with Crippen LogP contribution in [0.15, 0.2) is 52.5 Å². The zero-order chi connectivity index (χ0) is 22.3. The number of rotatable bonds is 9. The van der Waals surface area contributed by atoms with E-state index < -0.39 is 26.6 Å². The Labute approximate surface area is 174 Å². The van der Waals surface area contributed by atoms with Crippen LogP contribution in [0.3, 0.4) is 0 Å². The first kappa shape index (κ1) is 23.0. The topological polar surface area (TPSA) is 131 Å². The highest BCUT2D eigenvalue weighted by atomic mass is 32.2. The van der Waals surface area contributed by atoms with E-state index in [-0.39, 0.29) is 23.7 Å². The zero-order valence-corrected chi connectivity index (χ0v) is 17.5. The maximum absolute atomic E-state index is 12.6. The molecule has 0 bridgehead atoms. The lowest BCUT2D eigenvalue weighted by molar-refractivity contribution is -0.384. The lowest BCUT2D eigenvalue weighted by atomic mass is 10.1. The summed E-state index contributed by atoms with van der Waals surface area (Å²) in [6.07, 6.45) is 1.41. The summed E-state index contributed by atoms with van der Waals surface area (Å²) < 4.78 is 31.0. The van der Waals surface area contributed by atoms with Crippen LogP contribution in [0.2, 0.25) is 0 Å². The average Bonchev–Trinajstić information content (AvgIpc) is 2.74. The van der Waals surface area contributed by atoms with Crippen molar-refractivity contribution in [3.8, 4) is 0 Å². The van der Waals surface area contributed by atoms with Gasteiger partial charge >= 0.3 is 5.97 Å². The molecule has 10 nitrogen and oxygen atoms in total. The molecule has 0 aliphatic heterocycles. The standard InChI is InChI=1S/C19H22N4O6S/c1-4-22(5-2)30(27,28)16-10-11-17(18(12-16)23(25)26)21-20-13-14-6-8-15(9-7-14)19(24)29-3/h6-13,21H,4-5H2,1-3H3. The molecule has 0 aliphatic rings. The number of esters is 1. The summed E-state index contributed by atoms with van der Waals surface area (Å²) in [5.41, 5.74) is 3.20. The number of benzene rings is 2. The number of sulfonamides is 1. The molecule has 0 radical (unpaired) electrons. The van der Waals surface area contributed by atoms with E-state index in [1.54, 1.807) is 38.1 Å². The molecule has 0 aromatic heterocycles. The van der Waals surface area contributed by atoms with Crippen LogP contribution in [0, 0.1) is 10.1 Å². The lowest BCUT2D eigenvalue weighted by Crippen LogP contribution is -2.30. The van der Waals surface area contributed by atoms with Gasteiger partial charge in [0.1, 0.15) is 5.69 Å². The van der Waals surface area contributed by atoms with Crippen molar-refractivity contribution in [2.24, 2.45) is 5.10 Å². The Morgan fingerprint density at radius 2 is 1.83 bits per heavy atom. The quantitative estimate of drug-likeness (QED) is 0.278. The fraction of sp³-hybridized carbons (Fsp3) is 0.263. The molecule has 0 saturated heterocycles. The molecular formula is C19H22N4O6S. The molecule has 11 heteroatoms. The molecule has 30 heavy (non-hydrogen) atoms. The number of hydrogen-bond donors (Lipinski definition) is 1. The van der Waals surface area contributed by atoms with E-state index in [2.05, 4.69) is 15.3 Å². The molecule has 2 aromatic rings. The van der Waals surface area contributed by atoms with Gasteiger partial charge in [-0.05, 0) is 29.8 Å². The molecule has 0 saturated carbocycles. The van der Waals surface area contributed by atoms with E-state index in [4.69, 9.17) is 0 Å². The van der Waals surface area contributed by atoms with Gasteiger partial charge in [-0.1, -0.05) is 26.0 Å². The molecule has 0 spiro atoms. The Bertz CT molecular complexity index is 1050. The maximum atomic E-state index is 12.6. The second-order valence-electron chi connectivity index (χ2n) is 6.01. The Balaban J connectivity index is 2.25. The number of anilines is 1. The van der Waals surface area contributed by atoms with E-state index in [0.29, 0.717) is 11.1 Å². The molecule has 0 heterocycles. The van der Waals surface area contributed by atoms with Gasteiger partial charge in [-0.2, -0.15) is 9.41 Å². The number of nitro benzene ring substituents is 1. The van der Waals surface area contributed by atoms with Gasteiger partial charge in [0, 0.05) is 19.2 Å². The first-order valence-corrected chi connectivity index (χ1v) is 10.4. The van der Waals surface area contributed by atoms with E-state index in [1.165, 1.54) is 29.8 Å². The van der Waals surface area contributed by atoms with Gasteiger partial charge in [0.25, 0.3) is 5.69 Å². The normalized spacial score (nSPS) is 11.6. The maximum Gasteiger partial charge on any atom is 0.337 e. The summed E-state index contributed by atoms with van der Waals surface area (Å²) in [6.45, 7) is 3.90. The molecule has 0 amide bonds. The minimum atomic E-state index is -3.83. The number of carbonyl (C=O) groups excluding carboxylic acids is 1. The lowest BCUT2D eigenvalue weighted by Gasteiger charge is -2.18. The molecule has 2 aromatic carbocycles. The molecule has 0 aliphatic carbocycles. The number of nitro groups is 1. The molecule has 1 N–H and O–H groups in total. The van der Waals surface area contributed by atoms with Gasteiger partial charge in [0.2, 0.25) is 10.0 Å². The third kappa shape index (κ3) is 5.19. The predicted molar refractivity (Wildman–Crippen MR) is 112 cm³/mol. The van der Waals surface area contributed by atoms with Gasteiger partial charge in [0.05, 0.1) is 28.7 Å². The molecule has 0 atom stereocenters. The van der Waals surface area contributed by atoms with E-state index in [9.17, 15) is 23.3 Å². The Morgan fingerprint density at radius 3 is 2.37 bits per heavy atom. The highest BCUT2D eigenvalue weighted by Crippen LogP contribution is 2.29. The first-order chi connectivity index (χ1) is 14.2. The number of nitrogens with one attached hydrogen (secondary N) is 1. The third-order valence-corrected chi connectivity index (χ3v) is 6.29. The third-order valence-electron chi connectivity index (χ3n) is 4.24. The summed E-state index contributed by atoms with van der Waals surface area (Å²) in [5.74, 6) is -0.466.